The minimum absolute atomic E-state index is 0.290. The Morgan fingerprint density at radius 1 is 1.24 bits per heavy atom. The smallest absolute Gasteiger partial charge is 0.0805 e. The van der Waals surface area contributed by atoms with Gasteiger partial charge in [-0.05, 0) is 44.2 Å². The maximum absolute atomic E-state index is 11.6. The predicted octanol–water partition coefficient (Wildman–Crippen LogP) is 2.54. The number of benzene rings is 1. The van der Waals surface area contributed by atoms with E-state index in [1.165, 1.54) is 11.1 Å². The van der Waals surface area contributed by atoms with Gasteiger partial charge in [-0.2, -0.15) is 0 Å². The molecule has 1 aromatic rings. The van der Waals surface area contributed by atoms with Gasteiger partial charge in [0.2, 0.25) is 0 Å². The molecule has 2 aliphatic rings. The van der Waals surface area contributed by atoms with Crippen LogP contribution in [0.5, 0.6) is 0 Å². The van der Waals surface area contributed by atoms with Gasteiger partial charge in [-0.3, -0.25) is 0 Å². The number of hydrogen-bond donors (Lipinski definition) is 2. The maximum Gasteiger partial charge on any atom is 0.0805 e. The van der Waals surface area contributed by atoms with Crippen molar-refractivity contribution in [2.45, 2.75) is 62.6 Å². The lowest BCUT2D eigenvalue weighted by Crippen LogP contribution is -2.62. The van der Waals surface area contributed by atoms with Crippen molar-refractivity contribution in [2.75, 3.05) is 13.2 Å². The number of hydrogen-bond acceptors (Lipinski definition) is 3. The molecule has 0 saturated carbocycles. The molecule has 1 aliphatic heterocycles. The molecule has 0 aromatic heterocycles. The van der Waals surface area contributed by atoms with Crippen LogP contribution in [0.25, 0.3) is 0 Å². The molecule has 1 saturated heterocycles. The van der Waals surface area contributed by atoms with Gasteiger partial charge >= 0.3 is 0 Å². The third kappa shape index (κ3) is 2.32. The second-order valence-electron chi connectivity index (χ2n) is 7.36. The second kappa shape index (κ2) is 5.08. The second-order valence-corrected chi connectivity index (χ2v) is 7.36. The van der Waals surface area contributed by atoms with Crippen LogP contribution in [-0.4, -0.2) is 29.5 Å². The standard InChI is InChI=1S/C18H27NO2/c1-16(2)12-18(20,10-11-21-16)17(13-19)9-5-7-14-6-3-4-8-15(14)17/h3-4,6,8,20H,5,7,9-13,19H2,1-2H3. The molecule has 21 heavy (non-hydrogen) atoms. The van der Waals surface area contributed by atoms with Crippen molar-refractivity contribution in [3.05, 3.63) is 35.4 Å². The van der Waals surface area contributed by atoms with Gasteiger partial charge in [0.25, 0.3) is 0 Å². The fraction of sp³-hybridized carbons (Fsp3) is 0.667. The topological polar surface area (TPSA) is 55.5 Å². The highest BCUT2D eigenvalue weighted by molar-refractivity contribution is 5.40. The summed E-state index contributed by atoms with van der Waals surface area (Å²) in [7, 11) is 0. The molecule has 3 N–H and O–H groups in total. The first-order valence-corrected chi connectivity index (χ1v) is 8.07. The minimum Gasteiger partial charge on any atom is -0.389 e. The van der Waals surface area contributed by atoms with E-state index in [2.05, 4.69) is 38.1 Å². The lowest BCUT2D eigenvalue weighted by molar-refractivity contribution is -0.176. The summed E-state index contributed by atoms with van der Waals surface area (Å²) in [6, 6.07) is 8.51. The molecule has 116 valence electrons. The summed E-state index contributed by atoms with van der Waals surface area (Å²) in [6.45, 7) is 5.23. The Hall–Kier alpha value is -0.900. The molecule has 0 radical (unpaired) electrons. The SMILES string of the molecule is CC1(C)CC(O)(C2(CN)CCCc3ccccc32)CCO1. The molecule has 2 atom stereocenters. The van der Waals surface area contributed by atoms with Gasteiger partial charge in [-0.1, -0.05) is 24.3 Å². The van der Waals surface area contributed by atoms with Crippen LogP contribution in [0.4, 0.5) is 0 Å². The van der Waals surface area contributed by atoms with Crippen LogP contribution in [0.1, 0.15) is 50.7 Å². The number of aliphatic hydroxyl groups is 1. The summed E-state index contributed by atoms with van der Waals surface area (Å²) < 4.78 is 5.83. The van der Waals surface area contributed by atoms with Crippen LogP contribution in [-0.2, 0) is 16.6 Å². The summed E-state index contributed by atoms with van der Waals surface area (Å²) in [5.41, 5.74) is 7.48. The van der Waals surface area contributed by atoms with E-state index in [1.54, 1.807) is 0 Å². The molecule has 1 aromatic carbocycles. The fourth-order valence-electron chi connectivity index (χ4n) is 4.55. The van der Waals surface area contributed by atoms with E-state index >= 15 is 0 Å². The van der Waals surface area contributed by atoms with Gasteiger partial charge in [-0.25, -0.2) is 0 Å². The van der Waals surface area contributed by atoms with Gasteiger partial charge in [0.05, 0.1) is 17.8 Å². The lowest BCUT2D eigenvalue weighted by Gasteiger charge is -2.54. The minimum atomic E-state index is -0.778. The zero-order chi connectivity index (χ0) is 15.1. The van der Waals surface area contributed by atoms with Crippen molar-refractivity contribution in [3.63, 3.8) is 0 Å². The van der Waals surface area contributed by atoms with Gasteiger partial charge in [0, 0.05) is 24.8 Å². The molecule has 3 rings (SSSR count). The van der Waals surface area contributed by atoms with Gasteiger partial charge in [0.1, 0.15) is 0 Å². The van der Waals surface area contributed by atoms with Gasteiger partial charge in [-0.15, -0.1) is 0 Å². The van der Waals surface area contributed by atoms with Crippen molar-refractivity contribution >= 4 is 0 Å². The number of fused-ring (bicyclic) bond motifs is 1. The van der Waals surface area contributed by atoms with Crippen molar-refractivity contribution in [1.29, 1.82) is 0 Å². The van der Waals surface area contributed by atoms with Gasteiger partial charge < -0.3 is 15.6 Å². The summed E-state index contributed by atoms with van der Waals surface area (Å²) in [5, 5.41) is 11.6. The Balaban J connectivity index is 2.09. The molecule has 0 amide bonds. The molecule has 2 unspecified atom stereocenters. The molecule has 3 heteroatoms. The van der Waals surface area contributed by atoms with E-state index in [0.717, 1.165) is 19.3 Å². The number of nitrogens with two attached hydrogens (primary N) is 1. The molecule has 1 heterocycles. The molecule has 1 fully saturated rings. The van der Waals surface area contributed by atoms with Crippen LogP contribution >= 0.6 is 0 Å². The predicted molar refractivity (Wildman–Crippen MR) is 84.3 cm³/mol. The average Bonchev–Trinajstić information content (AvgIpc) is 2.45. The summed E-state index contributed by atoms with van der Waals surface area (Å²) in [6.07, 6.45) is 4.46. The Morgan fingerprint density at radius 2 is 2.00 bits per heavy atom. The lowest BCUT2D eigenvalue weighted by atomic mass is 9.56. The van der Waals surface area contributed by atoms with Crippen molar-refractivity contribution < 1.29 is 9.84 Å². The Bertz CT molecular complexity index is 528. The van der Waals surface area contributed by atoms with E-state index in [1.807, 2.05) is 0 Å². The fourth-order valence-corrected chi connectivity index (χ4v) is 4.55. The average molecular weight is 289 g/mol. The highest BCUT2D eigenvalue weighted by Gasteiger charge is 2.55. The largest absolute Gasteiger partial charge is 0.389 e. The third-order valence-electron chi connectivity index (χ3n) is 5.55. The first-order chi connectivity index (χ1) is 9.93. The quantitative estimate of drug-likeness (QED) is 0.879. The number of rotatable bonds is 2. The summed E-state index contributed by atoms with van der Waals surface area (Å²) >= 11 is 0. The van der Waals surface area contributed by atoms with Crippen LogP contribution < -0.4 is 5.73 Å². The first kappa shape index (κ1) is 15.0. The molecule has 0 spiro atoms. The molecular weight excluding hydrogens is 262 g/mol. The molecule has 3 nitrogen and oxygen atoms in total. The Kier molecular flexibility index (Phi) is 3.63. The van der Waals surface area contributed by atoms with E-state index in [0.29, 0.717) is 26.0 Å². The molecule has 0 bridgehead atoms. The van der Waals surface area contributed by atoms with E-state index < -0.39 is 5.60 Å². The molecular formula is C18H27NO2. The van der Waals surface area contributed by atoms with Gasteiger partial charge in [0.15, 0.2) is 0 Å². The van der Waals surface area contributed by atoms with Crippen LogP contribution in [0.2, 0.25) is 0 Å². The van der Waals surface area contributed by atoms with E-state index in [9.17, 15) is 5.11 Å². The van der Waals surface area contributed by atoms with Crippen LogP contribution in [0.3, 0.4) is 0 Å². The summed E-state index contributed by atoms with van der Waals surface area (Å²) in [5.74, 6) is 0. The van der Waals surface area contributed by atoms with Crippen LogP contribution in [0, 0.1) is 0 Å². The zero-order valence-corrected chi connectivity index (χ0v) is 13.2. The summed E-state index contributed by atoms with van der Waals surface area (Å²) in [4.78, 5) is 0. The highest BCUT2D eigenvalue weighted by Crippen LogP contribution is 2.50. The Morgan fingerprint density at radius 3 is 2.71 bits per heavy atom. The van der Waals surface area contributed by atoms with E-state index in [-0.39, 0.29) is 11.0 Å². The zero-order valence-electron chi connectivity index (χ0n) is 13.2. The first-order valence-electron chi connectivity index (χ1n) is 8.07. The van der Waals surface area contributed by atoms with Crippen molar-refractivity contribution in [3.8, 4) is 0 Å². The molecule has 1 aliphatic carbocycles. The van der Waals surface area contributed by atoms with Crippen molar-refractivity contribution in [1.82, 2.24) is 0 Å². The number of aryl methyl sites for hydroxylation is 1. The maximum atomic E-state index is 11.6. The monoisotopic (exact) mass is 289 g/mol. The highest BCUT2D eigenvalue weighted by atomic mass is 16.5. The van der Waals surface area contributed by atoms with Crippen LogP contribution in [0.15, 0.2) is 24.3 Å². The third-order valence-corrected chi connectivity index (χ3v) is 5.55. The normalized spacial score (nSPS) is 35.2. The Labute approximate surface area is 127 Å². The van der Waals surface area contributed by atoms with E-state index in [4.69, 9.17) is 10.5 Å². The van der Waals surface area contributed by atoms with Crippen molar-refractivity contribution in [2.24, 2.45) is 5.73 Å². The number of ether oxygens (including phenoxy) is 1.